The molecule has 0 atom stereocenters. The van der Waals surface area contributed by atoms with Crippen LogP contribution in [0.25, 0.3) is 6.08 Å². The maximum atomic E-state index is 12.0. The second kappa shape index (κ2) is 8.39. The Morgan fingerprint density at radius 2 is 1.86 bits per heavy atom. The molecule has 0 aliphatic carbocycles. The van der Waals surface area contributed by atoms with E-state index in [4.69, 9.17) is 14.2 Å². The van der Waals surface area contributed by atoms with E-state index in [-0.39, 0.29) is 0 Å². The van der Waals surface area contributed by atoms with Crippen LogP contribution in [0.3, 0.4) is 0 Å². The lowest BCUT2D eigenvalue weighted by molar-refractivity contribution is -0.310. The van der Waals surface area contributed by atoms with Gasteiger partial charge in [0.25, 0.3) is 0 Å². The summed E-state index contributed by atoms with van der Waals surface area (Å²) in [7, 11) is 2.82. The molecule has 114 valence electrons. The number of methoxy groups -OCH3 is 2. The standard InChI is InChI=1S/C17H22O4/c1-5-9-14(2)16(18)21-17(19-3,20-4)13-12-15-10-7-6-8-11-15/h6-8,10-13H,2,5,9H2,1,3-4H3. The lowest BCUT2D eigenvalue weighted by Crippen LogP contribution is -2.37. The molecule has 0 aliphatic rings. The molecule has 1 rings (SSSR count). The number of carbonyl (C=O) groups is 1. The third kappa shape index (κ3) is 5.17. The summed E-state index contributed by atoms with van der Waals surface area (Å²) in [6.45, 7) is 5.67. The molecule has 0 saturated carbocycles. The van der Waals surface area contributed by atoms with Gasteiger partial charge in [-0.05, 0) is 18.1 Å². The fourth-order valence-corrected chi connectivity index (χ4v) is 1.70. The molecule has 1 aromatic carbocycles. The second-order valence-corrected chi connectivity index (χ2v) is 4.50. The quantitative estimate of drug-likeness (QED) is 0.417. The molecule has 0 heterocycles. The maximum absolute atomic E-state index is 12.0. The zero-order valence-corrected chi connectivity index (χ0v) is 12.8. The maximum Gasteiger partial charge on any atom is 0.351 e. The van der Waals surface area contributed by atoms with E-state index in [1.54, 1.807) is 12.2 Å². The summed E-state index contributed by atoms with van der Waals surface area (Å²) in [5.74, 6) is -2.08. The van der Waals surface area contributed by atoms with Crippen molar-refractivity contribution in [3.05, 3.63) is 54.1 Å². The molecule has 4 nitrogen and oxygen atoms in total. The molecule has 0 spiro atoms. The van der Waals surface area contributed by atoms with Crippen LogP contribution < -0.4 is 0 Å². The summed E-state index contributed by atoms with van der Waals surface area (Å²) in [5, 5.41) is 0. The van der Waals surface area contributed by atoms with Crippen LogP contribution in [0, 0.1) is 0 Å². The largest absolute Gasteiger partial charge is 0.401 e. The van der Waals surface area contributed by atoms with Gasteiger partial charge < -0.3 is 14.2 Å². The molecule has 21 heavy (non-hydrogen) atoms. The van der Waals surface area contributed by atoms with E-state index < -0.39 is 11.9 Å². The Morgan fingerprint density at radius 3 is 2.38 bits per heavy atom. The molecule has 0 radical (unpaired) electrons. The highest BCUT2D eigenvalue weighted by molar-refractivity contribution is 5.88. The number of hydrogen-bond acceptors (Lipinski definition) is 4. The van der Waals surface area contributed by atoms with Crippen molar-refractivity contribution in [2.45, 2.75) is 25.7 Å². The van der Waals surface area contributed by atoms with Crippen molar-refractivity contribution in [3.63, 3.8) is 0 Å². The first-order valence-electron chi connectivity index (χ1n) is 6.82. The van der Waals surface area contributed by atoms with Crippen LogP contribution in [0.1, 0.15) is 25.3 Å². The molecule has 0 N–H and O–H groups in total. The number of carbonyl (C=O) groups excluding carboxylic acids is 1. The van der Waals surface area contributed by atoms with E-state index in [1.165, 1.54) is 14.2 Å². The van der Waals surface area contributed by atoms with Gasteiger partial charge in [0, 0.05) is 25.9 Å². The summed E-state index contributed by atoms with van der Waals surface area (Å²) in [5.41, 5.74) is 1.34. The first kappa shape index (κ1) is 17.1. The predicted octanol–water partition coefficient (Wildman–Crippen LogP) is 3.55. The lowest BCUT2D eigenvalue weighted by atomic mass is 10.2. The highest BCUT2D eigenvalue weighted by Gasteiger charge is 2.32. The number of ether oxygens (including phenoxy) is 3. The van der Waals surface area contributed by atoms with Crippen molar-refractivity contribution in [2.24, 2.45) is 0 Å². The van der Waals surface area contributed by atoms with Crippen LogP contribution in [0.2, 0.25) is 0 Å². The van der Waals surface area contributed by atoms with E-state index in [0.717, 1.165) is 12.0 Å². The van der Waals surface area contributed by atoms with Crippen LogP contribution in [0.5, 0.6) is 0 Å². The SMILES string of the molecule is C=C(CCC)C(=O)OC(C=Cc1ccccc1)(OC)OC. The minimum absolute atomic E-state index is 0.393. The molecule has 4 heteroatoms. The van der Waals surface area contributed by atoms with E-state index in [1.807, 2.05) is 37.3 Å². The fourth-order valence-electron chi connectivity index (χ4n) is 1.70. The molecule has 0 fully saturated rings. The Balaban J connectivity index is 2.85. The van der Waals surface area contributed by atoms with E-state index >= 15 is 0 Å². The monoisotopic (exact) mass is 290 g/mol. The van der Waals surface area contributed by atoms with Crippen molar-refractivity contribution in [2.75, 3.05) is 14.2 Å². The van der Waals surface area contributed by atoms with Crippen molar-refractivity contribution in [1.82, 2.24) is 0 Å². The van der Waals surface area contributed by atoms with Crippen molar-refractivity contribution in [3.8, 4) is 0 Å². The Morgan fingerprint density at radius 1 is 1.24 bits per heavy atom. The molecule has 0 aromatic heterocycles. The molecule has 0 saturated heterocycles. The van der Waals surface area contributed by atoms with Crippen molar-refractivity contribution >= 4 is 12.0 Å². The van der Waals surface area contributed by atoms with Crippen LogP contribution >= 0.6 is 0 Å². The lowest BCUT2D eigenvalue weighted by Gasteiger charge is -2.26. The zero-order valence-electron chi connectivity index (χ0n) is 12.8. The molecule has 0 bridgehead atoms. The molecule has 1 aromatic rings. The van der Waals surface area contributed by atoms with Gasteiger partial charge in [-0.3, -0.25) is 0 Å². The van der Waals surface area contributed by atoms with E-state index in [0.29, 0.717) is 12.0 Å². The normalized spacial score (nSPS) is 11.6. The van der Waals surface area contributed by atoms with Crippen LogP contribution in [-0.4, -0.2) is 26.2 Å². The van der Waals surface area contributed by atoms with Crippen molar-refractivity contribution < 1.29 is 19.0 Å². The van der Waals surface area contributed by atoms with Crippen LogP contribution in [0.15, 0.2) is 48.6 Å². The third-order valence-electron chi connectivity index (χ3n) is 2.92. The minimum Gasteiger partial charge on any atom is -0.401 e. The topological polar surface area (TPSA) is 44.8 Å². The van der Waals surface area contributed by atoms with E-state index in [9.17, 15) is 4.79 Å². The summed E-state index contributed by atoms with van der Waals surface area (Å²) in [4.78, 5) is 12.0. The highest BCUT2D eigenvalue weighted by atomic mass is 16.9. The van der Waals surface area contributed by atoms with Gasteiger partial charge in [-0.1, -0.05) is 50.3 Å². The van der Waals surface area contributed by atoms with Gasteiger partial charge in [-0.2, -0.15) is 0 Å². The Bertz CT molecular complexity index is 487. The molecule has 0 aliphatic heterocycles. The summed E-state index contributed by atoms with van der Waals surface area (Å²) >= 11 is 0. The van der Waals surface area contributed by atoms with Gasteiger partial charge >= 0.3 is 11.9 Å². The Labute approximate surface area is 126 Å². The summed E-state index contributed by atoms with van der Waals surface area (Å²) in [6.07, 6.45) is 4.72. The van der Waals surface area contributed by atoms with Gasteiger partial charge in [0.2, 0.25) is 0 Å². The second-order valence-electron chi connectivity index (χ2n) is 4.50. The summed E-state index contributed by atoms with van der Waals surface area (Å²) in [6, 6.07) is 9.59. The van der Waals surface area contributed by atoms with Gasteiger partial charge in [-0.25, -0.2) is 4.79 Å². The van der Waals surface area contributed by atoms with E-state index in [2.05, 4.69) is 6.58 Å². The van der Waals surface area contributed by atoms with Crippen LogP contribution in [0.4, 0.5) is 0 Å². The highest BCUT2D eigenvalue weighted by Crippen LogP contribution is 2.20. The molecular weight excluding hydrogens is 268 g/mol. The average Bonchev–Trinajstić information content (AvgIpc) is 2.52. The minimum atomic E-state index is -1.55. The Kier molecular flexibility index (Phi) is 6.85. The summed E-state index contributed by atoms with van der Waals surface area (Å²) < 4.78 is 15.7. The van der Waals surface area contributed by atoms with Crippen molar-refractivity contribution in [1.29, 1.82) is 0 Å². The molecule has 0 amide bonds. The third-order valence-corrected chi connectivity index (χ3v) is 2.92. The number of benzene rings is 1. The van der Waals surface area contributed by atoms with Crippen LogP contribution in [-0.2, 0) is 19.0 Å². The smallest absolute Gasteiger partial charge is 0.351 e. The average molecular weight is 290 g/mol. The number of esters is 1. The number of rotatable bonds is 8. The van der Waals surface area contributed by atoms with Gasteiger partial charge in [0.1, 0.15) is 0 Å². The van der Waals surface area contributed by atoms with Gasteiger partial charge in [0.15, 0.2) is 0 Å². The zero-order chi connectivity index (χ0) is 15.7. The number of hydrogen-bond donors (Lipinski definition) is 0. The van der Waals surface area contributed by atoms with Gasteiger partial charge in [-0.15, -0.1) is 0 Å². The fraction of sp³-hybridized carbons (Fsp3) is 0.353. The van der Waals surface area contributed by atoms with Gasteiger partial charge in [0.05, 0.1) is 0 Å². The molecular formula is C17H22O4. The molecule has 0 unspecified atom stereocenters. The predicted molar refractivity (Wildman–Crippen MR) is 82.4 cm³/mol. The first-order valence-corrected chi connectivity index (χ1v) is 6.82. The first-order chi connectivity index (χ1) is 10.1. The Hall–Kier alpha value is -1.91.